The molecule has 2 amide bonds. The number of amides is 2. The molecular formula is C22H25FN2O2. The van der Waals surface area contributed by atoms with Crippen molar-refractivity contribution in [1.82, 2.24) is 10.2 Å². The zero-order chi connectivity index (χ0) is 19.1. The van der Waals surface area contributed by atoms with Gasteiger partial charge in [0.1, 0.15) is 5.82 Å². The van der Waals surface area contributed by atoms with Crippen LogP contribution in [0.3, 0.4) is 0 Å². The van der Waals surface area contributed by atoms with Crippen LogP contribution in [0.4, 0.5) is 4.39 Å². The molecule has 2 aromatic rings. The van der Waals surface area contributed by atoms with E-state index in [2.05, 4.69) is 5.32 Å². The zero-order valence-electron chi connectivity index (χ0n) is 15.4. The van der Waals surface area contributed by atoms with E-state index in [0.29, 0.717) is 38.0 Å². The van der Waals surface area contributed by atoms with E-state index in [1.807, 2.05) is 30.3 Å². The third kappa shape index (κ3) is 5.39. The molecule has 1 saturated heterocycles. The van der Waals surface area contributed by atoms with Crippen LogP contribution in [-0.2, 0) is 22.4 Å². The summed E-state index contributed by atoms with van der Waals surface area (Å²) in [5.74, 6) is -0.424. The number of hydrogen-bond donors (Lipinski definition) is 1. The average molecular weight is 368 g/mol. The third-order valence-corrected chi connectivity index (χ3v) is 5.07. The van der Waals surface area contributed by atoms with Gasteiger partial charge in [0.15, 0.2) is 0 Å². The first-order chi connectivity index (χ1) is 13.1. The van der Waals surface area contributed by atoms with Crippen LogP contribution >= 0.6 is 0 Å². The quantitative estimate of drug-likeness (QED) is 0.852. The number of halogens is 1. The lowest BCUT2D eigenvalue weighted by Crippen LogP contribution is -2.43. The molecule has 1 aliphatic rings. The van der Waals surface area contributed by atoms with Crippen molar-refractivity contribution in [3.8, 4) is 0 Å². The van der Waals surface area contributed by atoms with Crippen LogP contribution in [0.2, 0.25) is 0 Å². The van der Waals surface area contributed by atoms with Crippen molar-refractivity contribution >= 4 is 11.8 Å². The van der Waals surface area contributed by atoms with Crippen LogP contribution < -0.4 is 5.32 Å². The first-order valence-electron chi connectivity index (χ1n) is 9.46. The van der Waals surface area contributed by atoms with Gasteiger partial charge < -0.3 is 10.2 Å². The number of piperidine rings is 1. The molecule has 3 rings (SSSR count). The Morgan fingerprint density at radius 3 is 2.37 bits per heavy atom. The molecule has 0 atom stereocenters. The Morgan fingerprint density at radius 1 is 1.00 bits per heavy atom. The number of benzene rings is 2. The van der Waals surface area contributed by atoms with Gasteiger partial charge in [-0.1, -0.05) is 48.5 Å². The van der Waals surface area contributed by atoms with Crippen LogP contribution in [0.5, 0.6) is 0 Å². The summed E-state index contributed by atoms with van der Waals surface area (Å²) in [4.78, 5) is 26.5. The molecule has 5 heteroatoms. The van der Waals surface area contributed by atoms with Crippen molar-refractivity contribution < 1.29 is 14.0 Å². The molecule has 4 nitrogen and oxygen atoms in total. The van der Waals surface area contributed by atoms with Crippen molar-refractivity contribution in [2.75, 3.05) is 19.6 Å². The molecule has 0 spiro atoms. The monoisotopic (exact) mass is 368 g/mol. The SMILES string of the molecule is O=C(NCCc1ccccc1)C1CCN(C(=O)Cc2ccccc2F)CC1. The fourth-order valence-corrected chi connectivity index (χ4v) is 3.43. The van der Waals surface area contributed by atoms with Gasteiger partial charge in [0.05, 0.1) is 6.42 Å². The highest BCUT2D eigenvalue weighted by molar-refractivity contribution is 5.81. The fourth-order valence-electron chi connectivity index (χ4n) is 3.43. The van der Waals surface area contributed by atoms with Gasteiger partial charge in [0.2, 0.25) is 11.8 Å². The van der Waals surface area contributed by atoms with Gasteiger partial charge in [0.25, 0.3) is 0 Å². The molecule has 0 bridgehead atoms. The highest BCUT2D eigenvalue weighted by atomic mass is 19.1. The average Bonchev–Trinajstić information content (AvgIpc) is 2.70. The Morgan fingerprint density at radius 2 is 1.67 bits per heavy atom. The van der Waals surface area contributed by atoms with Crippen LogP contribution in [0.25, 0.3) is 0 Å². The van der Waals surface area contributed by atoms with E-state index < -0.39 is 0 Å². The van der Waals surface area contributed by atoms with Crippen molar-refractivity contribution in [3.63, 3.8) is 0 Å². The van der Waals surface area contributed by atoms with Crippen LogP contribution in [0.1, 0.15) is 24.0 Å². The van der Waals surface area contributed by atoms with E-state index in [0.717, 1.165) is 6.42 Å². The topological polar surface area (TPSA) is 49.4 Å². The van der Waals surface area contributed by atoms with Crippen LogP contribution in [0, 0.1) is 11.7 Å². The highest BCUT2D eigenvalue weighted by Gasteiger charge is 2.27. The van der Waals surface area contributed by atoms with Crippen LogP contribution in [0.15, 0.2) is 54.6 Å². The minimum Gasteiger partial charge on any atom is -0.356 e. The van der Waals surface area contributed by atoms with Crippen molar-refractivity contribution in [2.24, 2.45) is 5.92 Å². The van der Waals surface area contributed by atoms with Crippen molar-refractivity contribution in [3.05, 3.63) is 71.5 Å². The first-order valence-corrected chi connectivity index (χ1v) is 9.46. The molecule has 0 unspecified atom stereocenters. The predicted molar refractivity (Wildman–Crippen MR) is 103 cm³/mol. The van der Waals surface area contributed by atoms with E-state index in [9.17, 15) is 14.0 Å². The second-order valence-electron chi connectivity index (χ2n) is 6.95. The second kappa shape index (κ2) is 9.31. The molecule has 0 aromatic heterocycles. The van der Waals surface area contributed by atoms with Gasteiger partial charge in [-0.15, -0.1) is 0 Å². The van der Waals surface area contributed by atoms with Crippen molar-refractivity contribution in [2.45, 2.75) is 25.7 Å². The lowest BCUT2D eigenvalue weighted by molar-refractivity contribution is -0.135. The normalized spacial score (nSPS) is 14.8. The van der Waals surface area contributed by atoms with E-state index in [4.69, 9.17) is 0 Å². The Labute approximate surface area is 159 Å². The first kappa shape index (κ1) is 19.1. The summed E-state index contributed by atoms with van der Waals surface area (Å²) in [5.41, 5.74) is 1.62. The molecule has 0 saturated carbocycles. The van der Waals surface area contributed by atoms with Gasteiger partial charge in [-0.05, 0) is 36.5 Å². The number of carbonyl (C=O) groups excluding carboxylic acids is 2. The van der Waals surface area contributed by atoms with Crippen molar-refractivity contribution in [1.29, 1.82) is 0 Å². The van der Waals surface area contributed by atoms with Gasteiger partial charge >= 0.3 is 0 Å². The summed E-state index contributed by atoms with van der Waals surface area (Å²) in [6.45, 7) is 1.71. The fraction of sp³-hybridized carbons (Fsp3) is 0.364. The third-order valence-electron chi connectivity index (χ3n) is 5.07. The Bertz CT molecular complexity index is 771. The Balaban J connectivity index is 1.41. The predicted octanol–water partition coefficient (Wildman–Crippen LogP) is 2.97. The highest BCUT2D eigenvalue weighted by Crippen LogP contribution is 2.19. The number of nitrogens with one attached hydrogen (secondary N) is 1. The Kier molecular flexibility index (Phi) is 6.58. The maximum absolute atomic E-state index is 13.7. The number of hydrogen-bond acceptors (Lipinski definition) is 2. The molecule has 0 radical (unpaired) electrons. The molecule has 0 aliphatic carbocycles. The number of likely N-dealkylation sites (tertiary alicyclic amines) is 1. The summed E-state index contributed by atoms with van der Waals surface area (Å²) in [5, 5.41) is 3.00. The maximum Gasteiger partial charge on any atom is 0.227 e. The molecule has 1 heterocycles. The molecule has 2 aromatic carbocycles. The maximum atomic E-state index is 13.7. The standard InChI is InChI=1S/C22H25FN2O2/c23-20-9-5-4-8-19(20)16-21(26)25-14-11-18(12-15-25)22(27)24-13-10-17-6-2-1-3-7-17/h1-9,18H,10-16H2,(H,24,27). The minimum atomic E-state index is -0.349. The molecule has 27 heavy (non-hydrogen) atoms. The van der Waals surface area contributed by atoms with Gasteiger partial charge in [0, 0.05) is 25.6 Å². The molecule has 142 valence electrons. The molecular weight excluding hydrogens is 343 g/mol. The number of nitrogens with zero attached hydrogens (tertiary/aromatic N) is 1. The van der Waals surface area contributed by atoms with E-state index in [1.54, 1.807) is 23.1 Å². The zero-order valence-corrected chi connectivity index (χ0v) is 15.4. The summed E-state index contributed by atoms with van der Waals surface area (Å²) in [7, 11) is 0. The lowest BCUT2D eigenvalue weighted by Gasteiger charge is -2.31. The summed E-state index contributed by atoms with van der Waals surface area (Å²) in [6.07, 6.45) is 2.19. The summed E-state index contributed by atoms with van der Waals surface area (Å²) < 4.78 is 13.7. The lowest BCUT2D eigenvalue weighted by atomic mass is 9.95. The van der Waals surface area contributed by atoms with E-state index in [-0.39, 0.29) is 30.0 Å². The largest absolute Gasteiger partial charge is 0.356 e. The van der Waals surface area contributed by atoms with Crippen LogP contribution in [-0.4, -0.2) is 36.3 Å². The summed E-state index contributed by atoms with van der Waals surface area (Å²) in [6, 6.07) is 16.4. The second-order valence-corrected chi connectivity index (χ2v) is 6.95. The van der Waals surface area contributed by atoms with Gasteiger partial charge in [-0.3, -0.25) is 9.59 Å². The Hall–Kier alpha value is -2.69. The smallest absolute Gasteiger partial charge is 0.227 e. The van der Waals surface area contributed by atoms with E-state index in [1.165, 1.54) is 11.6 Å². The molecule has 1 fully saturated rings. The minimum absolute atomic E-state index is 0.0571. The van der Waals surface area contributed by atoms with Gasteiger partial charge in [-0.25, -0.2) is 4.39 Å². The molecule has 1 N–H and O–H groups in total. The number of rotatable bonds is 6. The summed E-state index contributed by atoms with van der Waals surface area (Å²) >= 11 is 0. The van der Waals surface area contributed by atoms with Gasteiger partial charge in [-0.2, -0.15) is 0 Å². The molecule has 1 aliphatic heterocycles. The number of carbonyl (C=O) groups is 2. The van der Waals surface area contributed by atoms with E-state index >= 15 is 0 Å².